The van der Waals surface area contributed by atoms with Crippen LogP contribution in [0.5, 0.6) is 0 Å². The van der Waals surface area contributed by atoms with E-state index in [2.05, 4.69) is 21.2 Å². The number of nitrogens with one attached hydrogen (secondary N) is 1. The molecule has 0 amide bonds. The van der Waals surface area contributed by atoms with Gasteiger partial charge in [-0.25, -0.2) is 8.78 Å². The molecule has 4 heteroatoms. The Bertz CT molecular complexity index is 342. The van der Waals surface area contributed by atoms with Gasteiger partial charge < -0.3 is 5.32 Å². The largest absolute Gasteiger partial charge is 0.314 e. The molecule has 1 unspecified atom stereocenters. The molecular formula is C11H14BrF2N. The highest BCUT2D eigenvalue weighted by atomic mass is 79.9. The van der Waals surface area contributed by atoms with Crippen LogP contribution in [0, 0.1) is 11.6 Å². The van der Waals surface area contributed by atoms with Crippen molar-refractivity contribution in [3.8, 4) is 0 Å². The van der Waals surface area contributed by atoms with E-state index in [0.29, 0.717) is 10.9 Å². The summed E-state index contributed by atoms with van der Waals surface area (Å²) < 4.78 is 27.2. The van der Waals surface area contributed by atoms with E-state index in [9.17, 15) is 8.78 Å². The van der Waals surface area contributed by atoms with Crippen molar-refractivity contribution in [1.29, 1.82) is 0 Å². The first-order chi connectivity index (χ1) is 7.06. The Morgan fingerprint density at radius 1 is 1.40 bits per heavy atom. The second-order valence-corrected chi connectivity index (χ2v) is 4.34. The molecular weight excluding hydrogens is 264 g/mol. The number of hydrogen-bond acceptors (Lipinski definition) is 1. The summed E-state index contributed by atoms with van der Waals surface area (Å²) >= 11 is 3.05. The summed E-state index contributed by atoms with van der Waals surface area (Å²) in [6.45, 7) is 4.66. The average molecular weight is 278 g/mol. The molecule has 15 heavy (non-hydrogen) atoms. The molecule has 0 radical (unpaired) electrons. The van der Waals surface area contributed by atoms with E-state index in [0.717, 1.165) is 6.54 Å². The van der Waals surface area contributed by atoms with Crippen LogP contribution in [0.25, 0.3) is 0 Å². The molecule has 1 rings (SSSR count). The Balaban J connectivity index is 2.88. The molecule has 0 aliphatic carbocycles. The van der Waals surface area contributed by atoms with Crippen LogP contribution in [-0.4, -0.2) is 12.6 Å². The van der Waals surface area contributed by atoms with Gasteiger partial charge in [0, 0.05) is 11.6 Å². The lowest BCUT2D eigenvalue weighted by atomic mass is 10.1. The Morgan fingerprint density at radius 3 is 2.67 bits per heavy atom. The summed E-state index contributed by atoms with van der Waals surface area (Å²) in [5, 5.41) is 3.12. The van der Waals surface area contributed by atoms with Gasteiger partial charge in [0.25, 0.3) is 0 Å². The Morgan fingerprint density at radius 2 is 2.07 bits per heavy atom. The summed E-state index contributed by atoms with van der Waals surface area (Å²) in [4.78, 5) is 0. The van der Waals surface area contributed by atoms with Crippen molar-refractivity contribution in [2.24, 2.45) is 0 Å². The molecule has 1 atom stereocenters. The van der Waals surface area contributed by atoms with E-state index >= 15 is 0 Å². The number of rotatable bonds is 4. The van der Waals surface area contributed by atoms with E-state index in [-0.39, 0.29) is 11.6 Å². The molecule has 84 valence electrons. The maximum atomic E-state index is 13.5. The quantitative estimate of drug-likeness (QED) is 0.833. The summed E-state index contributed by atoms with van der Waals surface area (Å²) in [6.07, 6.45) is 0.352. The van der Waals surface area contributed by atoms with Crippen LogP contribution in [0.1, 0.15) is 19.4 Å². The second-order valence-electron chi connectivity index (χ2n) is 3.48. The van der Waals surface area contributed by atoms with Gasteiger partial charge in [-0.05, 0) is 48.0 Å². The molecule has 1 N–H and O–H groups in total. The lowest BCUT2D eigenvalue weighted by molar-refractivity contribution is 0.506. The lowest BCUT2D eigenvalue weighted by Gasteiger charge is -2.13. The van der Waals surface area contributed by atoms with Crippen molar-refractivity contribution >= 4 is 15.9 Å². The van der Waals surface area contributed by atoms with Gasteiger partial charge in [-0.1, -0.05) is 6.92 Å². The summed E-state index contributed by atoms with van der Waals surface area (Å²) in [7, 11) is 0. The van der Waals surface area contributed by atoms with Crippen LogP contribution >= 0.6 is 15.9 Å². The zero-order valence-corrected chi connectivity index (χ0v) is 10.4. The summed E-state index contributed by atoms with van der Waals surface area (Å²) in [6, 6.07) is 2.72. The minimum absolute atomic E-state index is 0.0632. The summed E-state index contributed by atoms with van der Waals surface area (Å²) in [5.41, 5.74) is 0.137. The highest BCUT2D eigenvalue weighted by Crippen LogP contribution is 2.22. The molecule has 0 fully saturated rings. The molecule has 1 nitrogen and oxygen atoms in total. The molecule has 0 aromatic heterocycles. The van der Waals surface area contributed by atoms with Gasteiger partial charge in [0.15, 0.2) is 0 Å². The molecule has 0 spiro atoms. The first-order valence-electron chi connectivity index (χ1n) is 4.92. The van der Waals surface area contributed by atoms with Crippen LogP contribution in [0.15, 0.2) is 16.6 Å². The highest BCUT2D eigenvalue weighted by molar-refractivity contribution is 9.10. The molecule has 1 aromatic rings. The monoisotopic (exact) mass is 277 g/mol. The van der Waals surface area contributed by atoms with Gasteiger partial charge in [-0.3, -0.25) is 0 Å². The van der Waals surface area contributed by atoms with Gasteiger partial charge in [-0.15, -0.1) is 0 Å². The Kier molecular flexibility index (Phi) is 4.67. The molecule has 0 bridgehead atoms. The first kappa shape index (κ1) is 12.6. The van der Waals surface area contributed by atoms with Crippen LogP contribution in [0.4, 0.5) is 8.78 Å². The van der Waals surface area contributed by atoms with Crippen LogP contribution in [0.2, 0.25) is 0 Å². The van der Waals surface area contributed by atoms with Crippen molar-refractivity contribution < 1.29 is 8.78 Å². The van der Waals surface area contributed by atoms with Crippen molar-refractivity contribution in [2.75, 3.05) is 6.54 Å². The fraction of sp³-hybridized carbons (Fsp3) is 0.455. The maximum Gasteiger partial charge on any atom is 0.143 e. The maximum absolute atomic E-state index is 13.5. The SMILES string of the molecule is CCNC(C)Cc1c(F)ccc(Br)c1F. The smallest absolute Gasteiger partial charge is 0.143 e. The van der Waals surface area contributed by atoms with Crippen molar-refractivity contribution in [3.05, 3.63) is 33.8 Å². The van der Waals surface area contributed by atoms with Gasteiger partial charge in [0.2, 0.25) is 0 Å². The van der Waals surface area contributed by atoms with E-state index in [1.165, 1.54) is 12.1 Å². The van der Waals surface area contributed by atoms with E-state index in [1.54, 1.807) is 0 Å². The molecule has 1 aromatic carbocycles. The average Bonchev–Trinajstić information content (AvgIpc) is 2.19. The fourth-order valence-electron chi connectivity index (χ4n) is 1.48. The minimum Gasteiger partial charge on any atom is -0.314 e. The highest BCUT2D eigenvalue weighted by Gasteiger charge is 2.14. The lowest BCUT2D eigenvalue weighted by Crippen LogP contribution is -2.28. The van der Waals surface area contributed by atoms with Crippen LogP contribution in [-0.2, 0) is 6.42 Å². The van der Waals surface area contributed by atoms with Crippen molar-refractivity contribution in [3.63, 3.8) is 0 Å². The van der Waals surface area contributed by atoms with Gasteiger partial charge in [0.1, 0.15) is 11.6 Å². The molecule has 0 heterocycles. The van der Waals surface area contributed by atoms with E-state index in [4.69, 9.17) is 0 Å². The standard InChI is InChI=1S/C11H14BrF2N/c1-3-15-7(2)6-8-10(13)5-4-9(12)11(8)14/h4-5,7,15H,3,6H2,1-2H3. The normalized spacial score (nSPS) is 12.9. The first-order valence-corrected chi connectivity index (χ1v) is 5.71. The number of halogens is 3. The molecule has 0 aliphatic heterocycles. The number of likely N-dealkylation sites (N-methyl/N-ethyl adjacent to an activating group) is 1. The Hall–Kier alpha value is -0.480. The van der Waals surface area contributed by atoms with Crippen molar-refractivity contribution in [1.82, 2.24) is 5.32 Å². The van der Waals surface area contributed by atoms with Gasteiger partial charge in [-0.2, -0.15) is 0 Å². The molecule has 0 saturated heterocycles. The third-order valence-corrected chi connectivity index (χ3v) is 2.81. The van der Waals surface area contributed by atoms with Crippen LogP contribution < -0.4 is 5.32 Å². The van der Waals surface area contributed by atoms with Gasteiger partial charge in [0.05, 0.1) is 4.47 Å². The zero-order chi connectivity index (χ0) is 11.4. The van der Waals surface area contributed by atoms with E-state index < -0.39 is 11.6 Å². The third kappa shape index (κ3) is 3.24. The predicted molar refractivity (Wildman–Crippen MR) is 60.9 cm³/mol. The number of benzene rings is 1. The van der Waals surface area contributed by atoms with Crippen molar-refractivity contribution in [2.45, 2.75) is 26.3 Å². The fourth-order valence-corrected chi connectivity index (χ4v) is 1.85. The minimum atomic E-state index is -0.500. The van der Waals surface area contributed by atoms with Gasteiger partial charge >= 0.3 is 0 Å². The third-order valence-electron chi connectivity index (χ3n) is 2.20. The zero-order valence-electron chi connectivity index (χ0n) is 8.78. The molecule has 0 aliphatic rings. The summed E-state index contributed by atoms with van der Waals surface area (Å²) in [5.74, 6) is -0.986. The molecule has 0 saturated carbocycles. The number of hydrogen-bond donors (Lipinski definition) is 1. The topological polar surface area (TPSA) is 12.0 Å². The second kappa shape index (κ2) is 5.56. The Labute approximate surface area is 97.0 Å². The predicted octanol–water partition coefficient (Wildman–Crippen LogP) is 3.27. The van der Waals surface area contributed by atoms with Crippen LogP contribution in [0.3, 0.4) is 0 Å². The van der Waals surface area contributed by atoms with E-state index in [1.807, 2.05) is 13.8 Å².